The summed E-state index contributed by atoms with van der Waals surface area (Å²) in [6.45, 7) is 3.34. The van der Waals surface area contributed by atoms with Crippen LogP contribution >= 0.6 is 24.8 Å². The summed E-state index contributed by atoms with van der Waals surface area (Å²) in [5, 5.41) is 0. The monoisotopic (exact) mass is 384 g/mol. The quantitative estimate of drug-likeness (QED) is 0.796. The highest BCUT2D eigenvalue weighted by Gasteiger charge is 2.18. The Morgan fingerprint density at radius 2 is 1.84 bits per heavy atom. The van der Waals surface area contributed by atoms with Crippen LogP contribution in [0.2, 0.25) is 0 Å². The van der Waals surface area contributed by atoms with Gasteiger partial charge in [-0.2, -0.15) is 0 Å². The molecule has 2 N–H and O–H groups in total. The second kappa shape index (κ2) is 11.7. The minimum Gasteiger partial charge on any atom is -0.358 e. The van der Waals surface area contributed by atoms with E-state index in [1.54, 1.807) is 18.1 Å². The van der Waals surface area contributed by atoms with Crippen LogP contribution in [0.1, 0.15) is 12.5 Å². The second-order valence-electron chi connectivity index (χ2n) is 5.64. The number of nitrogens with zero attached hydrogens (tertiary/aromatic N) is 3. The molecule has 0 aliphatic rings. The summed E-state index contributed by atoms with van der Waals surface area (Å²) in [5.74, 6) is 0.0516. The van der Waals surface area contributed by atoms with Crippen LogP contribution in [0.3, 0.4) is 0 Å². The van der Waals surface area contributed by atoms with E-state index in [9.17, 15) is 4.79 Å². The Labute approximate surface area is 162 Å². The van der Waals surface area contributed by atoms with E-state index >= 15 is 0 Å². The molecular formula is C18H26Cl2N4O. The van der Waals surface area contributed by atoms with Crippen molar-refractivity contribution in [3.8, 4) is 0 Å². The molecule has 1 heterocycles. The SMILES string of the molecule is CC(CN)N(C)C(=O)CN(Cc1cccnc1)c1ccccc1.Cl.Cl. The molecule has 0 saturated carbocycles. The van der Waals surface area contributed by atoms with Crippen LogP contribution in [-0.2, 0) is 11.3 Å². The standard InChI is InChI=1S/C18H24N4O.2ClH/c1-15(11-19)21(2)18(23)14-22(17-8-4-3-5-9-17)13-16-7-6-10-20-12-16;;/h3-10,12,15H,11,13-14,19H2,1-2H3;2*1H. The summed E-state index contributed by atoms with van der Waals surface area (Å²) in [7, 11) is 1.80. The molecule has 1 atom stereocenters. The van der Waals surface area contributed by atoms with Gasteiger partial charge in [0.15, 0.2) is 0 Å². The summed E-state index contributed by atoms with van der Waals surface area (Å²) in [4.78, 5) is 20.4. The molecular weight excluding hydrogens is 359 g/mol. The van der Waals surface area contributed by atoms with Gasteiger partial charge in [-0.05, 0) is 30.7 Å². The topological polar surface area (TPSA) is 62.5 Å². The van der Waals surface area contributed by atoms with Gasteiger partial charge in [0.2, 0.25) is 5.91 Å². The largest absolute Gasteiger partial charge is 0.358 e. The van der Waals surface area contributed by atoms with Gasteiger partial charge in [-0.3, -0.25) is 9.78 Å². The summed E-state index contributed by atoms with van der Waals surface area (Å²) in [6, 6.07) is 13.9. The molecule has 0 spiro atoms. The molecule has 0 radical (unpaired) electrons. The summed E-state index contributed by atoms with van der Waals surface area (Å²) in [6.07, 6.45) is 3.57. The maximum absolute atomic E-state index is 12.5. The number of halogens is 2. The maximum Gasteiger partial charge on any atom is 0.242 e. The highest BCUT2D eigenvalue weighted by atomic mass is 35.5. The first kappa shape index (κ1) is 23.2. The van der Waals surface area contributed by atoms with Gasteiger partial charge >= 0.3 is 0 Å². The molecule has 0 aliphatic carbocycles. The number of pyridine rings is 1. The van der Waals surface area contributed by atoms with Crippen LogP contribution in [0.15, 0.2) is 54.9 Å². The van der Waals surface area contributed by atoms with Crippen molar-refractivity contribution in [3.05, 3.63) is 60.4 Å². The van der Waals surface area contributed by atoms with Crippen molar-refractivity contribution in [2.24, 2.45) is 5.73 Å². The molecule has 0 saturated heterocycles. The molecule has 25 heavy (non-hydrogen) atoms. The molecule has 5 nitrogen and oxygen atoms in total. The van der Waals surface area contributed by atoms with Crippen molar-refractivity contribution in [1.82, 2.24) is 9.88 Å². The fraction of sp³-hybridized carbons (Fsp3) is 0.333. The number of nitrogens with two attached hydrogens (primary N) is 1. The molecule has 0 aliphatic heterocycles. The van der Waals surface area contributed by atoms with Crippen molar-refractivity contribution in [2.75, 3.05) is 25.0 Å². The van der Waals surface area contributed by atoms with Crippen molar-refractivity contribution in [1.29, 1.82) is 0 Å². The minimum absolute atomic E-state index is 0. The Hall–Kier alpha value is -1.82. The lowest BCUT2D eigenvalue weighted by Crippen LogP contribution is -2.45. The first-order valence-electron chi connectivity index (χ1n) is 7.76. The number of carbonyl (C=O) groups is 1. The van der Waals surface area contributed by atoms with Gasteiger partial charge in [-0.25, -0.2) is 0 Å². The predicted molar refractivity (Wildman–Crippen MR) is 108 cm³/mol. The minimum atomic E-state index is 0. The van der Waals surface area contributed by atoms with Crippen molar-refractivity contribution in [3.63, 3.8) is 0 Å². The van der Waals surface area contributed by atoms with Crippen LogP contribution in [0.4, 0.5) is 5.69 Å². The Bertz CT molecular complexity index is 613. The van der Waals surface area contributed by atoms with Crippen LogP contribution < -0.4 is 10.6 Å². The average molecular weight is 385 g/mol. The van der Waals surface area contributed by atoms with Crippen LogP contribution in [-0.4, -0.2) is 42.0 Å². The zero-order chi connectivity index (χ0) is 16.7. The molecule has 1 unspecified atom stereocenters. The summed E-state index contributed by atoms with van der Waals surface area (Å²) >= 11 is 0. The third-order valence-corrected chi connectivity index (χ3v) is 3.94. The van der Waals surface area contributed by atoms with Gasteiger partial charge in [0.25, 0.3) is 0 Å². The van der Waals surface area contributed by atoms with E-state index in [2.05, 4.69) is 9.88 Å². The zero-order valence-electron chi connectivity index (χ0n) is 14.5. The number of rotatable bonds is 7. The number of aromatic nitrogens is 1. The third kappa shape index (κ3) is 6.90. The Morgan fingerprint density at radius 3 is 2.40 bits per heavy atom. The molecule has 138 valence electrons. The number of anilines is 1. The van der Waals surface area contributed by atoms with Crippen molar-refractivity contribution in [2.45, 2.75) is 19.5 Å². The first-order chi connectivity index (χ1) is 11.1. The second-order valence-corrected chi connectivity index (χ2v) is 5.64. The number of para-hydroxylation sites is 1. The van der Waals surface area contributed by atoms with E-state index in [-0.39, 0.29) is 36.8 Å². The molecule has 7 heteroatoms. The van der Waals surface area contributed by atoms with Gasteiger partial charge in [-0.1, -0.05) is 24.3 Å². The highest BCUT2D eigenvalue weighted by molar-refractivity contribution is 5.85. The van der Waals surface area contributed by atoms with Gasteiger partial charge < -0.3 is 15.5 Å². The number of hydrogen-bond donors (Lipinski definition) is 1. The van der Waals surface area contributed by atoms with E-state index in [0.29, 0.717) is 19.6 Å². The summed E-state index contributed by atoms with van der Waals surface area (Å²) in [5.41, 5.74) is 7.74. The van der Waals surface area contributed by atoms with Crippen LogP contribution in [0.5, 0.6) is 0 Å². The van der Waals surface area contributed by atoms with Crippen LogP contribution in [0, 0.1) is 0 Å². The van der Waals surface area contributed by atoms with E-state index in [1.807, 2.05) is 55.6 Å². The summed E-state index contributed by atoms with van der Waals surface area (Å²) < 4.78 is 0. The van der Waals surface area contributed by atoms with E-state index in [1.165, 1.54) is 0 Å². The highest BCUT2D eigenvalue weighted by Crippen LogP contribution is 2.16. The lowest BCUT2D eigenvalue weighted by molar-refractivity contribution is -0.130. The average Bonchev–Trinajstić information content (AvgIpc) is 2.61. The van der Waals surface area contributed by atoms with Gasteiger partial charge in [0.1, 0.15) is 0 Å². The number of carbonyl (C=O) groups excluding carboxylic acids is 1. The van der Waals surface area contributed by atoms with E-state index < -0.39 is 0 Å². The maximum atomic E-state index is 12.5. The molecule has 1 amide bonds. The Balaban J connectivity index is 0.00000288. The van der Waals surface area contributed by atoms with E-state index in [0.717, 1.165) is 11.3 Å². The van der Waals surface area contributed by atoms with E-state index in [4.69, 9.17) is 5.73 Å². The smallest absolute Gasteiger partial charge is 0.242 e. The molecule has 1 aromatic heterocycles. The number of likely N-dealkylation sites (N-methyl/N-ethyl adjacent to an activating group) is 1. The molecule has 0 fully saturated rings. The Morgan fingerprint density at radius 1 is 1.16 bits per heavy atom. The lowest BCUT2D eigenvalue weighted by atomic mass is 10.2. The zero-order valence-corrected chi connectivity index (χ0v) is 16.2. The lowest BCUT2D eigenvalue weighted by Gasteiger charge is -2.29. The number of amides is 1. The fourth-order valence-corrected chi connectivity index (χ4v) is 2.27. The van der Waals surface area contributed by atoms with Crippen molar-refractivity contribution >= 4 is 36.4 Å². The third-order valence-electron chi connectivity index (χ3n) is 3.94. The normalized spacial score (nSPS) is 10.8. The van der Waals surface area contributed by atoms with Gasteiger partial charge in [0.05, 0.1) is 6.54 Å². The number of hydrogen-bond acceptors (Lipinski definition) is 4. The van der Waals surface area contributed by atoms with Crippen LogP contribution in [0.25, 0.3) is 0 Å². The Kier molecular flexibility index (Phi) is 10.8. The molecule has 2 rings (SSSR count). The molecule has 1 aromatic carbocycles. The first-order valence-corrected chi connectivity index (χ1v) is 7.76. The fourth-order valence-electron chi connectivity index (χ4n) is 2.27. The molecule has 2 aromatic rings. The van der Waals surface area contributed by atoms with Gasteiger partial charge in [-0.15, -0.1) is 24.8 Å². The number of benzene rings is 1. The van der Waals surface area contributed by atoms with Gasteiger partial charge in [0, 0.05) is 44.3 Å². The predicted octanol–water partition coefficient (Wildman–Crippen LogP) is 2.74. The molecule has 0 bridgehead atoms. The van der Waals surface area contributed by atoms with Crippen molar-refractivity contribution < 1.29 is 4.79 Å².